The Bertz CT molecular complexity index is 1020. The lowest BCUT2D eigenvalue weighted by Crippen LogP contribution is -2.39. The molecular formula is C25H26N2. The number of hydrogen-bond acceptors (Lipinski definition) is 2. The van der Waals surface area contributed by atoms with Crippen molar-refractivity contribution < 1.29 is 1.37 Å². The van der Waals surface area contributed by atoms with E-state index in [9.17, 15) is 1.37 Å². The van der Waals surface area contributed by atoms with Crippen molar-refractivity contribution in [3.05, 3.63) is 101 Å². The van der Waals surface area contributed by atoms with E-state index in [0.717, 1.165) is 11.1 Å². The standard InChI is InChI=1S/C25H26N2/c1-17-11-7-10-16-23(17)26-18(2)24-21-14-8-9-15-22(21)25(27(24)19(26)3)20-12-5-4-6-13-20/h4-16,18-19,24-25H,1-3H3/t18-,19?,24?,25?/m0/s1/i25D. The van der Waals surface area contributed by atoms with E-state index in [4.69, 9.17) is 0 Å². The normalized spacial score (nSPS) is 30.1. The minimum absolute atomic E-state index is 0.117. The molecule has 0 aromatic heterocycles. The van der Waals surface area contributed by atoms with Gasteiger partial charge in [0.05, 0.1) is 19.6 Å². The summed E-state index contributed by atoms with van der Waals surface area (Å²) in [4.78, 5) is 4.91. The monoisotopic (exact) mass is 355 g/mol. The van der Waals surface area contributed by atoms with Crippen LogP contribution in [0.1, 0.15) is 49.5 Å². The Labute approximate surface area is 163 Å². The fourth-order valence-electron chi connectivity index (χ4n) is 5.11. The zero-order chi connectivity index (χ0) is 19.5. The number of anilines is 1. The Balaban J connectivity index is 1.72. The van der Waals surface area contributed by atoms with Crippen LogP contribution in [0.3, 0.4) is 0 Å². The highest BCUT2D eigenvalue weighted by molar-refractivity contribution is 5.58. The van der Waals surface area contributed by atoms with Crippen molar-refractivity contribution >= 4 is 5.69 Å². The lowest BCUT2D eigenvalue weighted by atomic mass is 9.95. The molecule has 2 aliphatic heterocycles. The average Bonchev–Trinajstić information content (AvgIpc) is 3.15. The molecule has 5 rings (SSSR count). The highest BCUT2D eigenvalue weighted by Crippen LogP contribution is 2.54. The maximum absolute atomic E-state index is 9.76. The second kappa shape index (κ2) is 6.24. The molecule has 2 aliphatic rings. The molecule has 0 amide bonds. The van der Waals surface area contributed by atoms with Gasteiger partial charge in [-0.25, -0.2) is 0 Å². The molecule has 1 fully saturated rings. The molecule has 0 N–H and O–H groups in total. The van der Waals surface area contributed by atoms with Crippen LogP contribution in [0.2, 0.25) is 0 Å². The quantitative estimate of drug-likeness (QED) is 0.582. The number of aryl methyl sites for hydroxylation is 1. The van der Waals surface area contributed by atoms with Crippen LogP contribution in [0.25, 0.3) is 0 Å². The third-order valence-corrected chi connectivity index (χ3v) is 6.23. The van der Waals surface area contributed by atoms with E-state index in [1.165, 1.54) is 16.8 Å². The summed E-state index contributed by atoms with van der Waals surface area (Å²) >= 11 is 0. The van der Waals surface area contributed by atoms with E-state index in [-0.39, 0.29) is 18.2 Å². The van der Waals surface area contributed by atoms with Crippen LogP contribution < -0.4 is 4.90 Å². The molecule has 0 saturated carbocycles. The van der Waals surface area contributed by atoms with Crippen LogP contribution in [0, 0.1) is 6.92 Å². The summed E-state index contributed by atoms with van der Waals surface area (Å²) in [7, 11) is 0. The van der Waals surface area contributed by atoms with Gasteiger partial charge in [0.2, 0.25) is 0 Å². The summed E-state index contributed by atoms with van der Waals surface area (Å²) in [6.07, 6.45) is 0.117. The molecule has 1 saturated heterocycles. The van der Waals surface area contributed by atoms with Gasteiger partial charge in [0.1, 0.15) is 0 Å². The first-order chi connectivity index (χ1) is 13.5. The zero-order valence-corrected chi connectivity index (χ0v) is 16.1. The maximum atomic E-state index is 9.76. The molecule has 2 nitrogen and oxygen atoms in total. The molecule has 3 unspecified atom stereocenters. The predicted octanol–water partition coefficient (Wildman–Crippen LogP) is 5.70. The molecule has 3 aromatic carbocycles. The van der Waals surface area contributed by atoms with E-state index in [0.29, 0.717) is 0 Å². The Hall–Kier alpha value is -2.58. The fourth-order valence-corrected chi connectivity index (χ4v) is 5.11. The van der Waals surface area contributed by atoms with E-state index in [2.05, 4.69) is 91.2 Å². The first kappa shape index (κ1) is 15.5. The van der Waals surface area contributed by atoms with Gasteiger partial charge in [-0.3, -0.25) is 4.90 Å². The zero-order valence-electron chi connectivity index (χ0n) is 17.1. The topological polar surface area (TPSA) is 6.48 Å². The molecule has 2 heteroatoms. The molecule has 136 valence electrons. The third kappa shape index (κ3) is 2.36. The average molecular weight is 356 g/mol. The number of rotatable bonds is 2. The maximum Gasteiger partial charge on any atom is 0.0809 e. The lowest BCUT2D eigenvalue weighted by Gasteiger charge is -2.34. The van der Waals surface area contributed by atoms with Crippen molar-refractivity contribution in [2.24, 2.45) is 0 Å². The fraction of sp³-hybridized carbons (Fsp3) is 0.280. The third-order valence-electron chi connectivity index (χ3n) is 6.23. The summed E-state index contributed by atoms with van der Waals surface area (Å²) in [6.45, 7) is 6.74. The second-order valence-electron chi connectivity index (χ2n) is 7.72. The Kier molecular flexibility index (Phi) is 3.58. The van der Waals surface area contributed by atoms with E-state index >= 15 is 0 Å². The lowest BCUT2D eigenvalue weighted by molar-refractivity contribution is 0.184. The minimum atomic E-state index is -0.881. The van der Waals surface area contributed by atoms with Gasteiger partial charge in [0.15, 0.2) is 0 Å². The van der Waals surface area contributed by atoms with Crippen LogP contribution in [0.15, 0.2) is 78.9 Å². The minimum Gasteiger partial charge on any atom is -0.351 e. The van der Waals surface area contributed by atoms with Gasteiger partial charge in [-0.05, 0) is 49.1 Å². The van der Waals surface area contributed by atoms with Crippen molar-refractivity contribution in [2.75, 3.05) is 4.90 Å². The molecule has 4 atom stereocenters. The molecule has 0 bridgehead atoms. The largest absolute Gasteiger partial charge is 0.351 e. The number of para-hydroxylation sites is 1. The SMILES string of the molecule is [2H]C1(c2ccccc2)c2ccccc2C2[C@H](C)N(c3ccccc3C)C(C)N21. The first-order valence-corrected chi connectivity index (χ1v) is 9.82. The van der Waals surface area contributed by atoms with Crippen LogP contribution in [-0.4, -0.2) is 17.1 Å². The van der Waals surface area contributed by atoms with Crippen LogP contribution in [-0.2, 0) is 0 Å². The van der Waals surface area contributed by atoms with E-state index in [1.807, 2.05) is 18.2 Å². The second-order valence-corrected chi connectivity index (χ2v) is 7.72. The van der Waals surface area contributed by atoms with Gasteiger partial charge in [-0.15, -0.1) is 0 Å². The Morgan fingerprint density at radius 2 is 1.41 bits per heavy atom. The molecule has 0 radical (unpaired) electrons. The molecular weight excluding hydrogens is 328 g/mol. The highest BCUT2D eigenvalue weighted by atomic mass is 15.5. The number of nitrogens with zero attached hydrogens (tertiary/aromatic N) is 2. The summed E-state index contributed by atoms with van der Waals surface area (Å²) in [5.74, 6) is 0. The van der Waals surface area contributed by atoms with Gasteiger partial charge < -0.3 is 4.90 Å². The van der Waals surface area contributed by atoms with Crippen LogP contribution in [0.4, 0.5) is 5.69 Å². The van der Waals surface area contributed by atoms with Gasteiger partial charge in [-0.2, -0.15) is 0 Å². The van der Waals surface area contributed by atoms with E-state index < -0.39 is 6.02 Å². The number of fused-ring (bicyclic) bond motifs is 3. The molecule has 2 heterocycles. The molecule has 0 spiro atoms. The summed E-state index contributed by atoms with van der Waals surface area (Å²) in [6, 6.07) is 27.1. The van der Waals surface area contributed by atoms with Gasteiger partial charge in [-0.1, -0.05) is 72.8 Å². The predicted molar refractivity (Wildman–Crippen MR) is 112 cm³/mol. The molecule has 27 heavy (non-hydrogen) atoms. The van der Waals surface area contributed by atoms with Crippen molar-refractivity contribution in [3.8, 4) is 0 Å². The number of benzene rings is 3. The molecule has 0 aliphatic carbocycles. The summed E-state index contributed by atoms with van der Waals surface area (Å²) in [5.41, 5.74) is 6.00. The number of hydrogen-bond donors (Lipinski definition) is 0. The van der Waals surface area contributed by atoms with Crippen molar-refractivity contribution in [2.45, 2.75) is 45.0 Å². The smallest absolute Gasteiger partial charge is 0.0809 e. The van der Waals surface area contributed by atoms with Crippen molar-refractivity contribution in [1.29, 1.82) is 0 Å². The summed E-state index contributed by atoms with van der Waals surface area (Å²) < 4.78 is 9.76. The van der Waals surface area contributed by atoms with Crippen molar-refractivity contribution in [3.63, 3.8) is 0 Å². The highest BCUT2D eigenvalue weighted by Gasteiger charge is 2.52. The molecule has 3 aromatic rings. The van der Waals surface area contributed by atoms with Gasteiger partial charge in [0, 0.05) is 11.7 Å². The van der Waals surface area contributed by atoms with Crippen LogP contribution >= 0.6 is 0 Å². The first-order valence-electron chi connectivity index (χ1n) is 10.3. The Morgan fingerprint density at radius 1 is 0.778 bits per heavy atom. The van der Waals surface area contributed by atoms with Gasteiger partial charge >= 0.3 is 0 Å². The Morgan fingerprint density at radius 3 is 2.15 bits per heavy atom. The van der Waals surface area contributed by atoms with Crippen LogP contribution in [0.5, 0.6) is 0 Å². The summed E-state index contributed by atoms with van der Waals surface area (Å²) in [5, 5.41) is 0. The van der Waals surface area contributed by atoms with E-state index in [1.54, 1.807) is 0 Å². The van der Waals surface area contributed by atoms with Crippen molar-refractivity contribution in [1.82, 2.24) is 4.90 Å². The van der Waals surface area contributed by atoms with Gasteiger partial charge in [0.25, 0.3) is 0 Å².